The Morgan fingerprint density at radius 2 is 2.35 bits per heavy atom. The Bertz CT molecular complexity index is 393. The van der Waals surface area contributed by atoms with Crippen molar-refractivity contribution in [2.75, 3.05) is 18.5 Å². The van der Waals surface area contributed by atoms with Gasteiger partial charge in [-0.15, -0.1) is 0 Å². The molecule has 1 aromatic rings. The molecule has 1 aromatic heterocycles. The van der Waals surface area contributed by atoms with Crippen LogP contribution in [0.5, 0.6) is 0 Å². The Labute approximate surface area is 100 Å². The molecule has 0 aromatic carbocycles. The van der Waals surface area contributed by atoms with Crippen LogP contribution in [0.25, 0.3) is 0 Å². The fourth-order valence-corrected chi connectivity index (χ4v) is 1.44. The van der Waals surface area contributed by atoms with Gasteiger partial charge in [0.05, 0.1) is 11.7 Å². The van der Waals surface area contributed by atoms with Gasteiger partial charge in [-0.25, -0.2) is 4.98 Å². The molecule has 0 aliphatic carbocycles. The molecule has 1 heterocycles. The molecule has 0 radical (unpaired) electrons. The Kier molecular flexibility index (Phi) is 4.71. The predicted octanol–water partition coefficient (Wildman–Crippen LogP) is 0.383. The van der Waals surface area contributed by atoms with E-state index in [-0.39, 0.29) is 11.9 Å². The summed E-state index contributed by atoms with van der Waals surface area (Å²) >= 11 is 0. The second-order valence-corrected chi connectivity index (χ2v) is 3.92. The molecule has 17 heavy (non-hydrogen) atoms. The summed E-state index contributed by atoms with van der Waals surface area (Å²) in [7, 11) is 1.85. The van der Waals surface area contributed by atoms with Gasteiger partial charge in [-0.2, -0.15) is 0 Å². The molecule has 0 fully saturated rings. The summed E-state index contributed by atoms with van der Waals surface area (Å²) in [5, 5.41) is 20.9. The van der Waals surface area contributed by atoms with Crippen LogP contribution in [0.1, 0.15) is 18.9 Å². The van der Waals surface area contributed by atoms with Gasteiger partial charge in [0, 0.05) is 19.8 Å². The molecule has 0 spiro atoms. The number of aromatic nitrogens is 1. The SMILES string of the molecule is CC(O)CCN(C)c1ncccc1/C(N)=N/O. The molecule has 6 nitrogen and oxygen atoms in total. The molecule has 4 N–H and O–H groups in total. The highest BCUT2D eigenvalue weighted by Gasteiger charge is 2.12. The summed E-state index contributed by atoms with van der Waals surface area (Å²) in [4.78, 5) is 6.06. The number of hydrogen-bond donors (Lipinski definition) is 3. The van der Waals surface area contributed by atoms with Crippen molar-refractivity contribution < 1.29 is 10.3 Å². The van der Waals surface area contributed by atoms with Crippen LogP contribution in [0.4, 0.5) is 5.82 Å². The topological polar surface area (TPSA) is 95.0 Å². The van der Waals surface area contributed by atoms with Crippen molar-refractivity contribution in [3.05, 3.63) is 23.9 Å². The molecule has 0 saturated heterocycles. The van der Waals surface area contributed by atoms with Gasteiger partial charge in [0.2, 0.25) is 0 Å². The van der Waals surface area contributed by atoms with E-state index in [1.165, 1.54) is 0 Å². The lowest BCUT2D eigenvalue weighted by Gasteiger charge is -2.21. The molecule has 0 bridgehead atoms. The van der Waals surface area contributed by atoms with Crippen LogP contribution in [-0.4, -0.2) is 40.8 Å². The number of anilines is 1. The average Bonchev–Trinajstić information content (AvgIpc) is 2.34. The van der Waals surface area contributed by atoms with Crippen molar-refractivity contribution in [3.63, 3.8) is 0 Å². The Balaban J connectivity index is 2.89. The molecule has 94 valence electrons. The highest BCUT2D eigenvalue weighted by molar-refractivity contribution is 6.01. The lowest BCUT2D eigenvalue weighted by molar-refractivity contribution is 0.187. The van der Waals surface area contributed by atoms with Gasteiger partial charge in [0.15, 0.2) is 5.84 Å². The van der Waals surface area contributed by atoms with E-state index in [0.29, 0.717) is 24.3 Å². The second-order valence-electron chi connectivity index (χ2n) is 3.92. The van der Waals surface area contributed by atoms with Crippen LogP contribution in [0.15, 0.2) is 23.5 Å². The number of aliphatic hydroxyl groups excluding tert-OH is 1. The van der Waals surface area contributed by atoms with E-state index in [1.54, 1.807) is 25.3 Å². The van der Waals surface area contributed by atoms with Crippen molar-refractivity contribution in [2.45, 2.75) is 19.4 Å². The first-order valence-corrected chi connectivity index (χ1v) is 5.38. The third-order valence-corrected chi connectivity index (χ3v) is 2.41. The number of nitrogens with two attached hydrogens (primary N) is 1. The van der Waals surface area contributed by atoms with Crippen molar-refractivity contribution in [1.82, 2.24) is 4.98 Å². The van der Waals surface area contributed by atoms with Gasteiger partial charge in [-0.1, -0.05) is 5.16 Å². The van der Waals surface area contributed by atoms with Crippen LogP contribution in [0, 0.1) is 0 Å². The maximum absolute atomic E-state index is 9.24. The fraction of sp³-hybridized carbons (Fsp3) is 0.455. The number of rotatable bonds is 5. The van der Waals surface area contributed by atoms with E-state index in [9.17, 15) is 5.11 Å². The van der Waals surface area contributed by atoms with Crippen molar-refractivity contribution in [1.29, 1.82) is 0 Å². The van der Waals surface area contributed by atoms with Crippen molar-refractivity contribution >= 4 is 11.7 Å². The van der Waals surface area contributed by atoms with Crippen LogP contribution in [0.3, 0.4) is 0 Å². The largest absolute Gasteiger partial charge is 0.409 e. The lowest BCUT2D eigenvalue weighted by Crippen LogP contribution is -2.26. The number of aliphatic hydroxyl groups is 1. The normalized spacial score (nSPS) is 13.5. The number of pyridine rings is 1. The van der Waals surface area contributed by atoms with Gasteiger partial charge >= 0.3 is 0 Å². The zero-order valence-corrected chi connectivity index (χ0v) is 10.0. The monoisotopic (exact) mass is 238 g/mol. The molecule has 1 atom stereocenters. The molecule has 0 aliphatic heterocycles. The van der Waals surface area contributed by atoms with Crippen LogP contribution in [0.2, 0.25) is 0 Å². The van der Waals surface area contributed by atoms with E-state index < -0.39 is 0 Å². The Morgan fingerprint density at radius 1 is 1.65 bits per heavy atom. The minimum Gasteiger partial charge on any atom is -0.409 e. The average molecular weight is 238 g/mol. The molecule has 1 unspecified atom stereocenters. The third kappa shape index (κ3) is 3.60. The molecular formula is C11H18N4O2. The first-order valence-electron chi connectivity index (χ1n) is 5.38. The smallest absolute Gasteiger partial charge is 0.173 e. The molecule has 6 heteroatoms. The minimum absolute atomic E-state index is 0.0250. The molecule has 0 aliphatic rings. The van der Waals surface area contributed by atoms with E-state index in [1.807, 2.05) is 11.9 Å². The van der Waals surface area contributed by atoms with Gasteiger partial charge in [0.25, 0.3) is 0 Å². The van der Waals surface area contributed by atoms with E-state index in [4.69, 9.17) is 10.9 Å². The first kappa shape index (κ1) is 13.2. The van der Waals surface area contributed by atoms with Crippen LogP contribution < -0.4 is 10.6 Å². The predicted molar refractivity (Wildman–Crippen MR) is 66.3 cm³/mol. The van der Waals surface area contributed by atoms with Crippen molar-refractivity contribution in [3.8, 4) is 0 Å². The van der Waals surface area contributed by atoms with Crippen molar-refractivity contribution in [2.24, 2.45) is 10.9 Å². The molecule has 0 saturated carbocycles. The molecule has 1 rings (SSSR count). The number of amidine groups is 1. The third-order valence-electron chi connectivity index (χ3n) is 2.41. The number of hydrogen-bond acceptors (Lipinski definition) is 5. The van der Waals surface area contributed by atoms with Crippen LogP contribution in [-0.2, 0) is 0 Å². The zero-order chi connectivity index (χ0) is 12.8. The summed E-state index contributed by atoms with van der Waals surface area (Å²) in [6.45, 7) is 2.37. The highest BCUT2D eigenvalue weighted by atomic mass is 16.4. The molecule has 0 amide bonds. The summed E-state index contributed by atoms with van der Waals surface area (Å²) in [5.41, 5.74) is 6.15. The maximum Gasteiger partial charge on any atom is 0.173 e. The summed E-state index contributed by atoms with van der Waals surface area (Å²) in [6.07, 6.45) is 1.90. The Morgan fingerprint density at radius 3 is 2.94 bits per heavy atom. The van der Waals surface area contributed by atoms with Gasteiger partial charge in [0.1, 0.15) is 5.82 Å². The summed E-state index contributed by atoms with van der Waals surface area (Å²) < 4.78 is 0. The van der Waals surface area contributed by atoms with Gasteiger partial charge in [-0.3, -0.25) is 0 Å². The van der Waals surface area contributed by atoms with Gasteiger partial charge < -0.3 is 20.9 Å². The Hall–Kier alpha value is -1.82. The second kappa shape index (κ2) is 6.05. The summed E-state index contributed by atoms with van der Waals surface area (Å²) in [6, 6.07) is 3.45. The number of oxime groups is 1. The van der Waals surface area contributed by atoms with E-state index in [0.717, 1.165) is 0 Å². The van der Waals surface area contributed by atoms with E-state index >= 15 is 0 Å². The standard InChI is InChI=1S/C11H18N4O2/c1-8(16)5-7-15(2)11-9(10(12)14-17)4-3-6-13-11/h3-4,6,8,16-17H,5,7H2,1-2H3,(H2,12,14). The quantitative estimate of drug-likeness (QED) is 0.298. The first-order chi connectivity index (χ1) is 8.06. The summed E-state index contributed by atoms with van der Waals surface area (Å²) in [5.74, 6) is 0.653. The van der Waals surface area contributed by atoms with Gasteiger partial charge in [-0.05, 0) is 25.5 Å². The maximum atomic E-state index is 9.24. The fourth-order valence-electron chi connectivity index (χ4n) is 1.44. The molecular weight excluding hydrogens is 220 g/mol. The lowest BCUT2D eigenvalue weighted by atomic mass is 10.2. The minimum atomic E-state index is -0.367. The van der Waals surface area contributed by atoms with E-state index in [2.05, 4.69) is 10.1 Å². The van der Waals surface area contributed by atoms with Crippen LogP contribution >= 0.6 is 0 Å². The zero-order valence-electron chi connectivity index (χ0n) is 10.0. The number of nitrogens with zero attached hydrogens (tertiary/aromatic N) is 3. The highest BCUT2D eigenvalue weighted by Crippen LogP contribution is 2.15.